The minimum Gasteiger partial charge on any atom is -0.497 e. The number of methoxy groups -OCH3 is 1. The lowest BCUT2D eigenvalue weighted by molar-refractivity contribution is -0.138. The van der Waals surface area contributed by atoms with Gasteiger partial charge in [-0.2, -0.15) is 0 Å². The summed E-state index contributed by atoms with van der Waals surface area (Å²) in [6, 6.07) is 8.09. The average molecular weight is 445 g/mol. The molecule has 31 heavy (non-hydrogen) atoms. The van der Waals surface area contributed by atoms with E-state index in [1.165, 1.54) is 0 Å². The Hall–Kier alpha value is -2.42. The molecule has 1 saturated heterocycles. The first-order valence-corrected chi connectivity index (χ1v) is 12.9. The third kappa shape index (κ3) is 3.84. The molecule has 8 nitrogen and oxygen atoms in total. The van der Waals surface area contributed by atoms with Crippen molar-refractivity contribution >= 4 is 15.7 Å². The van der Waals surface area contributed by atoms with Crippen molar-refractivity contribution < 1.29 is 17.9 Å². The van der Waals surface area contributed by atoms with Crippen LogP contribution in [-0.2, 0) is 21.2 Å². The molecule has 1 aromatic heterocycles. The number of hydrogen-bond acceptors (Lipinski definition) is 6. The molecule has 3 heterocycles. The van der Waals surface area contributed by atoms with Crippen LogP contribution in [0.4, 0.5) is 0 Å². The van der Waals surface area contributed by atoms with Crippen molar-refractivity contribution in [1.82, 2.24) is 19.7 Å². The number of hydrogen-bond donors (Lipinski definition) is 0. The molecular weight excluding hydrogens is 416 g/mol. The van der Waals surface area contributed by atoms with Crippen LogP contribution in [0.15, 0.2) is 24.3 Å². The van der Waals surface area contributed by atoms with Crippen molar-refractivity contribution in [2.45, 2.75) is 57.2 Å². The number of sulfone groups is 1. The van der Waals surface area contributed by atoms with Gasteiger partial charge in [0.1, 0.15) is 5.75 Å². The van der Waals surface area contributed by atoms with Crippen LogP contribution >= 0.6 is 0 Å². The van der Waals surface area contributed by atoms with E-state index >= 15 is 0 Å². The highest BCUT2D eigenvalue weighted by molar-refractivity contribution is 7.91. The summed E-state index contributed by atoms with van der Waals surface area (Å²) in [5.41, 5.74) is 0.986. The Kier molecular flexibility index (Phi) is 5.24. The van der Waals surface area contributed by atoms with Crippen molar-refractivity contribution in [2.24, 2.45) is 5.92 Å². The maximum Gasteiger partial charge on any atom is 0.223 e. The van der Waals surface area contributed by atoms with E-state index in [0.29, 0.717) is 19.4 Å². The van der Waals surface area contributed by atoms with E-state index in [-0.39, 0.29) is 35.4 Å². The highest BCUT2D eigenvalue weighted by atomic mass is 32.2. The first kappa shape index (κ1) is 20.5. The summed E-state index contributed by atoms with van der Waals surface area (Å²) < 4.78 is 31.1. The Morgan fingerprint density at radius 2 is 1.84 bits per heavy atom. The van der Waals surface area contributed by atoms with Crippen LogP contribution in [0.2, 0.25) is 0 Å². The second-order valence-corrected chi connectivity index (χ2v) is 11.2. The maximum atomic E-state index is 13.2. The van der Waals surface area contributed by atoms with Crippen molar-refractivity contribution in [3.8, 4) is 17.1 Å². The van der Waals surface area contributed by atoms with Gasteiger partial charge in [-0.05, 0) is 49.4 Å². The van der Waals surface area contributed by atoms with E-state index in [1.54, 1.807) is 7.11 Å². The third-order valence-corrected chi connectivity index (χ3v) is 8.80. The Labute approximate surface area is 182 Å². The van der Waals surface area contributed by atoms with Gasteiger partial charge < -0.3 is 14.2 Å². The van der Waals surface area contributed by atoms with Gasteiger partial charge in [-0.1, -0.05) is 12.8 Å². The number of amides is 1. The monoisotopic (exact) mass is 444 g/mol. The van der Waals surface area contributed by atoms with Crippen LogP contribution in [0.3, 0.4) is 0 Å². The molecule has 1 amide bonds. The number of fused-ring (bicyclic) bond motifs is 3. The SMILES string of the molecule is COc1ccc(-c2nnc3n2[C@@H]2CCCC[C@H]2N(C(=O)C[C@H]2CCS(=O)(=O)C2)C3)cc1. The van der Waals surface area contributed by atoms with Gasteiger partial charge in [0.25, 0.3) is 0 Å². The smallest absolute Gasteiger partial charge is 0.223 e. The Morgan fingerprint density at radius 1 is 1.10 bits per heavy atom. The van der Waals surface area contributed by atoms with Gasteiger partial charge in [0.05, 0.1) is 37.2 Å². The molecule has 2 fully saturated rings. The summed E-state index contributed by atoms with van der Waals surface area (Å²) in [7, 11) is -1.34. The van der Waals surface area contributed by atoms with Gasteiger partial charge in [-0.25, -0.2) is 8.42 Å². The molecule has 3 aliphatic rings. The molecule has 0 spiro atoms. The topological polar surface area (TPSA) is 94.4 Å². The number of benzene rings is 1. The fraction of sp³-hybridized carbons (Fsp3) is 0.591. The molecule has 1 aromatic carbocycles. The molecule has 0 radical (unpaired) electrons. The van der Waals surface area contributed by atoms with Gasteiger partial charge in [0, 0.05) is 12.0 Å². The molecule has 2 aromatic rings. The van der Waals surface area contributed by atoms with Crippen LogP contribution in [0.5, 0.6) is 5.75 Å². The molecule has 5 rings (SSSR count). The van der Waals surface area contributed by atoms with Crippen LogP contribution in [0, 0.1) is 5.92 Å². The van der Waals surface area contributed by atoms with Gasteiger partial charge in [-0.3, -0.25) is 4.79 Å². The van der Waals surface area contributed by atoms with Gasteiger partial charge >= 0.3 is 0 Å². The quantitative estimate of drug-likeness (QED) is 0.720. The first-order chi connectivity index (χ1) is 14.9. The number of nitrogens with zero attached hydrogens (tertiary/aromatic N) is 4. The molecule has 0 bridgehead atoms. The Balaban J connectivity index is 1.42. The van der Waals surface area contributed by atoms with Crippen LogP contribution in [0.1, 0.15) is 50.4 Å². The summed E-state index contributed by atoms with van der Waals surface area (Å²) in [6.45, 7) is 0.433. The molecular formula is C22H28N4O4S. The first-order valence-electron chi connectivity index (χ1n) is 11.0. The Bertz CT molecular complexity index is 1080. The molecule has 0 unspecified atom stereocenters. The molecule has 3 atom stereocenters. The highest BCUT2D eigenvalue weighted by Gasteiger charge is 2.42. The van der Waals surface area contributed by atoms with E-state index in [9.17, 15) is 13.2 Å². The van der Waals surface area contributed by atoms with E-state index in [1.807, 2.05) is 29.2 Å². The zero-order chi connectivity index (χ0) is 21.6. The summed E-state index contributed by atoms with van der Waals surface area (Å²) in [5, 5.41) is 8.93. The van der Waals surface area contributed by atoms with Crippen molar-refractivity contribution in [2.75, 3.05) is 18.6 Å². The van der Waals surface area contributed by atoms with Crippen LogP contribution in [-0.4, -0.2) is 58.6 Å². The lowest BCUT2D eigenvalue weighted by Crippen LogP contribution is -2.51. The van der Waals surface area contributed by atoms with E-state index in [2.05, 4.69) is 14.8 Å². The van der Waals surface area contributed by atoms with Gasteiger partial charge in [0.15, 0.2) is 21.5 Å². The second-order valence-electron chi connectivity index (χ2n) is 8.95. The Morgan fingerprint density at radius 3 is 2.52 bits per heavy atom. The van der Waals surface area contributed by atoms with E-state index < -0.39 is 9.84 Å². The highest BCUT2D eigenvalue weighted by Crippen LogP contribution is 2.40. The number of ether oxygens (including phenoxy) is 1. The summed E-state index contributed by atoms with van der Waals surface area (Å²) in [5.74, 6) is 2.77. The molecule has 2 aliphatic heterocycles. The molecule has 166 valence electrons. The maximum absolute atomic E-state index is 13.2. The number of carbonyl (C=O) groups excluding carboxylic acids is 1. The summed E-state index contributed by atoms with van der Waals surface area (Å²) >= 11 is 0. The zero-order valence-corrected chi connectivity index (χ0v) is 18.6. The van der Waals surface area contributed by atoms with Crippen LogP contribution in [0.25, 0.3) is 11.4 Å². The lowest BCUT2D eigenvalue weighted by Gasteiger charge is -2.45. The van der Waals surface area contributed by atoms with Crippen molar-refractivity contribution in [3.05, 3.63) is 30.1 Å². The van der Waals surface area contributed by atoms with Crippen molar-refractivity contribution in [3.63, 3.8) is 0 Å². The van der Waals surface area contributed by atoms with Crippen molar-refractivity contribution in [1.29, 1.82) is 0 Å². The normalized spacial score (nSPS) is 26.9. The predicted molar refractivity (Wildman–Crippen MR) is 115 cm³/mol. The fourth-order valence-electron chi connectivity index (χ4n) is 5.41. The molecule has 1 aliphatic carbocycles. The molecule has 1 saturated carbocycles. The van der Waals surface area contributed by atoms with E-state index in [0.717, 1.165) is 48.6 Å². The minimum absolute atomic E-state index is 0.0549. The standard InChI is InChI=1S/C22H28N4O4S/c1-30-17-8-6-16(7-9-17)22-24-23-20-13-25(18-4-2-3-5-19(18)26(20)22)21(27)12-15-10-11-31(28,29)14-15/h6-9,15,18-19H,2-5,10-14H2,1H3/t15-,18-,19-/m1/s1. The predicted octanol–water partition coefficient (Wildman–Crippen LogP) is 2.60. The van der Waals surface area contributed by atoms with Crippen LogP contribution < -0.4 is 4.74 Å². The van der Waals surface area contributed by atoms with Gasteiger partial charge in [0.2, 0.25) is 5.91 Å². The molecule has 9 heteroatoms. The minimum atomic E-state index is -2.98. The average Bonchev–Trinajstić information content (AvgIpc) is 3.36. The fourth-order valence-corrected chi connectivity index (χ4v) is 7.28. The second kappa shape index (κ2) is 7.93. The number of aromatic nitrogens is 3. The third-order valence-electron chi connectivity index (χ3n) is 6.96. The van der Waals surface area contributed by atoms with E-state index in [4.69, 9.17) is 4.74 Å². The largest absolute Gasteiger partial charge is 0.497 e. The van der Waals surface area contributed by atoms with Gasteiger partial charge in [-0.15, -0.1) is 10.2 Å². The summed E-state index contributed by atoms with van der Waals surface area (Å²) in [4.78, 5) is 15.2. The molecule has 0 N–H and O–H groups in total. The summed E-state index contributed by atoms with van der Waals surface area (Å²) in [6.07, 6.45) is 5.05. The number of rotatable bonds is 4. The lowest BCUT2D eigenvalue weighted by atomic mass is 9.86. The zero-order valence-electron chi connectivity index (χ0n) is 17.7. The number of carbonyl (C=O) groups is 1.